The van der Waals surface area contributed by atoms with Crippen molar-refractivity contribution in [1.82, 2.24) is 0 Å². The van der Waals surface area contributed by atoms with Crippen LogP contribution in [-0.4, -0.2) is 20.1 Å². The van der Waals surface area contributed by atoms with Gasteiger partial charge >= 0.3 is 0 Å². The lowest BCUT2D eigenvalue weighted by molar-refractivity contribution is 0.582. The highest BCUT2D eigenvalue weighted by Crippen LogP contribution is 2.29. The zero-order chi connectivity index (χ0) is 18.0. The summed E-state index contributed by atoms with van der Waals surface area (Å²) >= 11 is 5.63. The first kappa shape index (κ1) is 17.7. The summed E-state index contributed by atoms with van der Waals surface area (Å²) in [6, 6.07) is 13.8. The molecule has 0 unspecified atom stereocenters. The van der Waals surface area contributed by atoms with Crippen LogP contribution in [0.15, 0.2) is 62.6 Å². The second-order valence-corrected chi connectivity index (χ2v) is 8.20. The van der Waals surface area contributed by atoms with E-state index in [9.17, 15) is 13.2 Å². The first-order valence-corrected chi connectivity index (χ1v) is 10.0. The fourth-order valence-corrected chi connectivity index (χ4v) is 4.50. The fourth-order valence-electron chi connectivity index (χ4n) is 2.75. The third-order valence-electron chi connectivity index (χ3n) is 4.03. The minimum atomic E-state index is -3.59. The number of halogens is 1. The van der Waals surface area contributed by atoms with Crippen LogP contribution in [0.25, 0.3) is 22.3 Å². The monoisotopic (exact) mass is 376 g/mol. The lowest BCUT2D eigenvalue weighted by Crippen LogP contribution is -2.12. The van der Waals surface area contributed by atoms with Gasteiger partial charge in [0.15, 0.2) is 20.8 Å². The van der Waals surface area contributed by atoms with E-state index in [0.29, 0.717) is 17.7 Å². The molecular formula is C19H17ClO4S. The standard InChI is InChI=1S/C19H17ClO4S/c1-13-17(21)15-9-5-10-16(25(22,23)12-6-11-20)19(15)24-18(13)14-7-3-2-4-8-14/h2-5,7-10H,6,11-12H2,1H3. The molecular weight excluding hydrogens is 360 g/mol. The molecule has 0 bridgehead atoms. The van der Waals surface area contributed by atoms with E-state index in [2.05, 4.69) is 0 Å². The minimum absolute atomic E-state index is 0.0318. The zero-order valence-electron chi connectivity index (χ0n) is 13.7. The van der Waals surface area contributed by atoms with Gasteiger partial charge in [0.2, 0.25) is 0 Å². The smallest absolute Gasteiger partial charge is 0.196 e. The highest BCUT2D eigenvalue weighted by Gasteiger charge is 2.22. The largest absolute Gasteiger partial charge is 0.454 e. The molecule has 0 saturated heterocycles. The van der Waals surface area contributed by atoms with Crippen molar-refractivity contribution in [3.63, 3.8) is 0 Å². The Hall–Kier alpha value is -2.11. The van der Waals surface area contributed by atoms with Crippen molar-refractivity contribution in [1.29, 1.82) is 0 Å². The summed E-state index contributed by atoms with van der Waals surface area (Å²) in [4.78, 5) is 12.8. The lowest BCUT2D eigenvalue weighted by atomic mass is 10.1. The highest BCUT2D eigenvalue weighted by molar-refractivity contribution is 7.91. The highest BCUT2D eigenvalue weighted by atomic mass is 35.5. The third-order valence-corrected chi connectivity index (χ3v) is 6.11. The predicted molar refractivity (Wildman–Crippen MR) is 100 cm³/mol. The second kappa shape index (κ2) is 7.02. The molecule has 25 heavy (non-hydrogen) atoms. The maximum absolute atomic E-state index is 12.7. The molecule has 130 valence electrons. The zero-order valence-corrected chi connectivity index (χ0v) is 15.2. The number of sulfone groups is 1. The molecule has 0 fully saturated rings. The van der Waals surface area contributed by atoms with Gasteiger partial charge in [-0.1, -0.05) is 36.4 Å². The summed E-state index contributed by atoms with van der Waals surface area (Å²) in [6.45, 7) is 1.68. The van der Waals surface area contributed by atoms with Crippen molar-refractivity contribution in [2.45, 2.75) is 18.2 Å². The van der Waals surface area contributed by atoms with Gasteiger partial charge in [-0.25, -0.2) is 8.42 Å². The average Bonchev–Trinajstić information content (AvgIpc) is 2.63. The number of benzene rings is 2. The van der Waals surface area contributed by atoms with E-state index >= 15 is 0 Å². The van der Waals surface area contributed by atoms with Gasteiger partial charge in [0.1, 0.15) is 10.7 Å². The van der Waals surface area contributed by atoms with Gasteiger partial charge in [0, 0.05) is 17.0 Å². The molecule has 0 spiro atoms. The molecule has 0 aliphatic rings. The van der Waals surface area contributed by atoms with Gasteiger partial charge in [-0.2, -0.15) is 0 Å². The Kier molecular flexibility index (Phi) is 4.97. The van der Waals surface area contributed by atoms with Crippen molar-refractivity contribution in [3.8, 4) is 11.3 Å². The van der Waals surface area contributed by atoms with Crippen LogP contribution in [0, 0.1) is 6.92 Å². The van der Waals surface area contributed by atoms with Crippen molar-refractivity contribution < 1.29 is 12.8 Å². The van der Waals surface area contributed by atoms with E-state index in [1.54, 1.807) is 19.1 Å². The molecule has 1 aromatic heterocycles. The van der Waals surface area contributed by atoms with Gasteiger partial charge in [-0.15, -0.1) is 11.6 Å². The molecule has 0 amide bonds. The Morgan fingerprint density at radius 1 is 1.04 bits per heavy atom. The van der Waals surface area contributed by atoms with Crippen LogP contribution in [0.1, 0.15) is 12.0 Å². The van der Waals surface area contributed by atoms with Crippen LogP contribution in [0.2, 0.25) is 0 Å². The predicted octanol–water partition coefficient (Wildman–Crippen LogP) is 4.17. The van der Waals surface area contributed by atoms with Crippen molar-refractivity contribution >= 4 is 32.4 Å². The summed E-state index contributed by atoms with van der Waals surface area (Å²) in [5, 5.41) is 0.268. The summed E-state index contributed by atoms with van der Waals surface area (Å²) in [7, 11) is -3.59. The quantitative estimate of drug-likeness (QED) is 0.627. The molecule has 4 nitrogen and oxygen atoms in total. The van der Waals surface area contributed by atoms with E-state index in [0.717, 1.165) is 5.56 Å². The summed E-state index contributed by atoms with van der Waals surface area (Å²) < 4.78 is 31.2. The molecule has 6 heteroatoms. The Morgan fingerprint density at radius 3 is 2.44 bits per heavy atom. The van der Waals surface area contributed by atoms with Crippen LogP contribution < -0.4 is 5.43 Å². The Balaban J connectivity index is 2.32. The Labute approximate surface area is 151 Å². The molecule has 3 aromatic rings. The summed E-state index contributed by atoms with van der Waals surface area (Å²) in [6.07, 6.45) is 0.335. The second-order valence-electron chi connectivity index (χ2n) is 5.75. The molecule has 1 heterocycles. The SMILES string of the molecule is Cc1c(-c2ccccc2)oc2c(S(=O)(=O)CCCCl)cccc2c1=O. The van der Waals surface area contributed by atoms with E-state index in [4.69, 9.17) is 16.0 Å². The molecule has 0 atom stereocenters. The van der Waals surface area contributed by atoms with Gasteiger partial charge in [0.25, 0.3) is 0 Å². The number of hydrogen-bond donors (Lipinski definition) is 0. The fraction of sp³-hybridized carbons (Fsp3) is 0.211. The molecule has 0 aliphatic heterocycles. The molecule has 0 N–H and O–H groups in total. The van der Waals surface area contributed by atoms with Crippen molar-refractivity contribution in [2.24, 2.45) is 0 Å². The number of hydrogen-bond acceptors (Lipinski definition) is 4. The maximum atomic E-state index is 12.7. The number of para-hydroxylation sites is 1. The van der Waals surface area contributed by atoms with Gasteiger partial charge < -0.3 is 4.42 Å². The number of alkyl halides is 1. The number of rotatable bonds is 5. The lowest BCUT2D eigenvalue weighted by Gasteiger charge is -2.10. The van der Waals surface area contributed by atoms with E-state index in [-0.39, 0.29) is 32.9 Å². The van der Waals surface area contributed by atoms with Crippen LogP contribution in [0.4, 0.5) is 0 Å². The molecule has 0 aliphatic carbocycles. The number of fused-ring (bicyclic) bond motifs is 1. The van der Waals surface area contributed by atoms with Crippen LogP contribution >= 0.6 is 11.6 Å². The normalized spacial score (nSPS) is 11.8. The molecule has 0 saturated carbocycles. The van der Waals surface area contributed by atoms with Crippen LogP contribution in [0.5, 0.6) is 0 Å². The Morgan fingerprint density at radius 2 is 1.76 bits per heavy atom. The molecule has 0 radical (unpaired) electrons. The third kappa shape index (κ3) is 3.34. The van der Waals surface area contributed by atoms with Crippen LogP contribution in [0.3, 0.4) is 0 Å². The first-order valence-electron chi connectivity index (χ1n) is 7.86. The first-order chi connectivity index (χ1) is 12.0. The van der Waals surface area contributed by atoms with Gasteiger partial charge in [0.05, 0.1) is 11.1 Å². The summed E-state index contributed by atoms with van der Waals surface area (Å²) in [5.41, 5.74) is 1.06. The van der Waals surface area contributed by atoms with E-state index in [1.165, 1.54) is 6.07 Å². The molecule has 3 rings (SSSR count). The minimum Gasteiger partial charge on any atom is -0.454 e. The molecule has 2 aromatic carbocycles. The van der Waals surface area contributed by atoms with Gasteiger partial charge in [-0.05, 0) is 25.5 Å². The van der Waals surface area contributed by atoms with Crippen LogP contribution in [-0.2, 0) is 9.84 Å². The van der Waals surface area contributed by atoms with E-state index in [1.807, 2.05) is 30.3 Å². The topological polar surface area (TPSA) is 64.3 Å². The summed E-state index contributed by atoms with van der Waals surface area (Å²) in [5.74, 6) is 0.550. The van der Waals surface area contributed by atoms with Crippen molar-refractivity contribution in [3.05, 3.63) is 64.3 Å². The van der Waals surface area contributed by atoms with Gasteiger partial charge in [-0.3, -0.25) is 4.79 Å². The van der Waals surface area contributed by atoms with E-state index < -0.39 is 9.84 Å². The van der Waals surface area contributed by atoms with Crippen molar-refractivity contribution in [2.75, 3.05) is 11.6 Å². The average molecular weight is 377 g/mol. The Bertz CT molecular complexity index is 1070. The maximum Gasteiger partial charge on any atom is 0.196 e.